The monoisotopic (exact) mass is 267 g/mol. The fourth-order valence-corrected chi connectivity index (χ4v) is 3.68. The second-order valence-corrected chi connectivity index (χ2v) is 5.74. The van der Waals surface area contributed by atoms with E-state index in [0.29, 0.717) is 6.04 Å². The fourth-order valence-electron chi connectivity index (χ4n) is 3.68. The Balaban J connectivity index is 1.92. The number of rotatable bonds is 0. The van der Waals surface area contributed by atoms with Crippen LogP contribution < -0.4 is 5.32 Å². The SMILES string of the molecule is Oc1cc2c(cc1O)[C@H]1c3ccccc3CNC1CC2. The third kappa shape index (κ3) is 1.63. The number of nitrogens with one attached hydrogen (secondary N) is 1. The number of phenolic OH excluding ortho intramolecular Hbond substituents is 2. The molecule has 3 heteroatoms. The van der Waals surface area contributed by atoms with Crippen LogP contribution in [0.4, 0.5) is 0 Å². The summed E-state index contributed by atoms with van der Waals surface area (Å²) >= 11 is 0. The Morgan fingerprint density at radius 3 is 2.65 bits per heavy atom. The summed E-state index contributed by atoms with van der Waals surface area (Å²) in [6.45, 7) is 0.913. The molecule has 0 spiro atoms. The van der Waals surface area contributed by atoms with Crippen LogP contribution in [0, 0.1) is 0 Å². The van der Waals surface area contributed by atoms with Gasteiger partial charge in [-0.15, -0.1) is 0 Å². The van der Waals surface area contributed by atoms with E-state index in [1.165, 1.54) is 11.1 Å². The van der Waals surface area contributed by atoms with Gasteiger partial charge in [0.05, 0.1) is 0 Å². The predicted octanol–water partition coefficient (Wildman–Crippen LogP) is 2.65. The van der Waals surface area contributed by atoms with Gasteiger partial charge in [0.25, 0.3) is 0 Å². The van der Waals surface area contributed by atoms with Gasteiger partial charge in [0.1, 0.15) is 0 Å². The number of fused-ring (bicyclic) bond motifs is 5. The summed E-state index contributed by atoms with van der Waals surface area (Å²) < 4.78 is 0. The summed E-state index contributed by atoms with van der Waals surface area (Å²) in [6, 6.07) is 12.4. The maximum absolute atomic E-state index is 9.84. The third-order valence-corrected chi connectivity index (χ3v) is 4.64. The zero-order valence-corrected chi connectivity index (χ0v) is 11.1. The average molecular weight is 267 g/mol. The minimum absolute atomic E-state index is 0.0146. The largest absolute Gasteiger partial charge is 0.504 e. The van der Waals surface area contributed by atoms with Gasteiger partial charge in [-0.1, -0.05) is 24.3 Å². The summed E-state index contributed by atoms with van der Waals surface area (Å²) in [5.74, 6) is 0.238. The first-order chi connectivity index (χ1) is 9.74. The van der Waals surface area contributed by atoms with Crippen molar-refractivity contribution in [3.05, 3.63) is 58.7 Å². The van der Waals surface area contributed by atoms with Crippen LogP contribution in [0.25, 0.3) is 0 Å². The van der Waals surface area contributed by atoms with Crippen LogP contribution in [0.15, 0.2) is 36.4 Å². The summed E-state index contributed by atoms with van der Waals surface area (Å²) in [5.41, 5.74) is 4.98. The lowest BCUT2D eigenvalue weighted by Gasteiger charge is -2.39. The zero-order valence-electron chi connectivity index (χ0n) is 11.1. The van der Waals surface area contributed by atoms with Crippen molar-refractivity contribution in [3.8, 4) is 11.5 Å². The molecule has 3 N–H and O–H groups in total. The molecule has 20 heavy (non-hydrogen) atoms. The van der Waals surface area contributed by atoms with Crippen LogP contribution in [0.2, 0.25) is 0 Å². The van der Waals surface area contributed by atoms with Crippen LogP contribution >= 0.6 is 0 Å². The number of phenols is 2. The molecule has 0 fully saturated rings. The molecule has 0 bridgehead atoms. The molecule has 0 aromatic heterocycles. The van der Waals surface area contributed by atoms with Gasteiger partial charge in [-0.3, -0.25) is 0 Å². The lowest BCUT2D eigenvalue weighted by Crippen LogP contribution is -2.42. The molecule has 2 atom stereocenters. The van der Waals surface area contributed by atoms with E-state index in [1.54, 1.807) is 12.1 Å². The van der Waals surface area contributed by atoms with Crippen LogP contribution in [-0.2, 0) is 13.0 Å². The van der Waals surface area contributed by atoms with E-state index >= 15 is 0 Å². The molecule has 4 rings (SSSR count). The number of hydrogen-bond acceptors (Lipinski definition) is 3. The number of benzene rings is 2. The lowest BCUT2D eigenvalue weighted by molar-refractivity contribution is 0.380. The zero-order chi connectivity index (χ0) is 13.7. The summed E-state index contributed by atoms with van der Waals surface area (Å²) in [6.07, 6.45) is 2.01. The van der Waals surface area contributed by atoms with E-state index < -0.39 is 0 Å². The quantitative estimate of drug-likeness (QED) is 0.643. The van der Waals surface area contributed by atoms with Crippen molar-refractivity contribution >= 4 is 0 Å². The molecule has 1 heterocycles. The minimum Gasteiger partial charge on any atom is -0.504 e. The first-order valence-corrected chi connectivity index (χ1v) is 7.10. The summed E-state index contributed by atoms with van der Waals surface area (Å²) in [5, 5.41) is 23.2. The van der Waals surface area contributed by atoms with Crippen molar-refractivity contribution in [2.75, 3.05) is 0 Å². The molecule has 3 nitrogen and oxygen atoms in total. The van der Waals surface area contributed by atoms with Crippen molar-refractivity contribution in [2.24, 2.45) is 0 Å². The minimum atomic E-state index is -0.0209. The smallest absolute Gasteiger partial charge is 0.157 e. The lowest BCUT2D eigenvalue weighted by atomic mass is 9.72. The van der Waals surface area contributed by atoms with Gasteiger partial charge in [-0.2, -0.15) is 0 Å². The number of aryl methyl sites for hydroxylation is 1. The van der Waals surface area contributed by atoms with Crippen molar-refractivity contribution in [2.45, 2.75) is 31.3 Å². The maximum atomic E-state index is 9.84. The Kier molecular flexibility index (Phi) is 2.51. The Hall–Kier alpha value is -2.00. The number of hydrogen-bond donors (Lipinski definition) is 3. The molecule has 102 valence electrons. The molecule has 0 saturated carbocycles. The molecule has 1 unspecified atom stereocenters. The molecule has 2 aromatic carbocycles. The first-order valence-electron chi connectivity index (χ1n) is 7.10. The summed E-state index contributed by atoms with van der Waals surface area (Å²) in [7, 11) is 0. The maximum Gasteiger partial charge on any atom is 0.157 e. The standard InChI is InChI=1S/C17H17NO2/c19-15-7-10-5-6-14-17(13(10)8-16(15)20)12-4-2-1-3-11(12)9-18-14/h1-4,7-8,14,17-20H,5-6,9H2/t14?,17-/m1/s1. The van der Waals surface area contributed by atoms with E-state index in [1.807, 2.05) is 0 Å². The molecule has 0 saturated heterocycles. The molecule has 0 radical (unpaired) electrons. The second-order valence-electron chi connectivity index (χ2n) is 5.74. The highest BCUT2D eigenvalue weighted by Gasteiger charge is 2.35. The van der Waals surface area contributed by atoms with Crippen molar-refractivity contribution in [1.82, 2.24) is 5.32 Å². The van der Waals surface area contributed by atoms with Gasteiger partial charge in [0.15, 0.2) is 11.5 Å². The number of aromatic hydroxyl groups is 2. The Bertz CT molecular complexity index is 681. The highest BCUT2D eigenvalue weighted by Crippen LogP contribution is 2.43. The van der Waals surface area contributed by atoms with Gasteiger partial charge < -0.3 is 15.5 Å². The second kappa shape index (κ2) is 4.25. The van der Waals surface area contributed by atoms with Crippen LogP contribution in [-0.4, -0.2) is 16.3 Å². The predicted molar refractivity (Wildman–Crippen MR) is 77.0 cm³/mol. The average Bonchev–Trinajstić information content (AvgIpc) is 2.48. The van der Waals surface area contributed by atoms with E-state index in [9.17, 15) is 10.2 Å². The van der Waals surface area contributed by atoms with Gasteiger partial charge >= 0.3 is 0 Å². The van der Waals surface area contributed by atoms with Gasteiger partial charge in [-0.05, 0) is 47.2 Å². The Labute approximate surface area is 117 Å². The Morgan fingerprint density at radius 1 is 0.950 bits per heavy atom. The topological polar surface area (TPSA) is 52.5 Å². The molecule has 2 aliphatic rings. The van der Waals surface area contributed by atoms with Crippen LogP contribution in [0.5, 0.6) is 11.5 Å². The van der Waals surface area contributed by atoms with Gasteiger partial charge in [0, 0.05) is 18.5 Å². The first kappa shape index (κ1) is 11.8. The molecule has 2 aromatic rings. The van der Waals surface area contributed by atoms with E-state index in [2.05, 4.69) is 29.6 Å². The van der Waals surface area contributed by atoms with Gasteiger partial charge in [-0.25, -0.2) is 0 Å². The fraction of sp³-hybridized carbons (Fsp3) is 0.294. The van der Waals surface area contributed by atoms with E-state index in [4.69, 9.17) is 0 Å². The van der Waals surface area contributed by atoms with Crippen molar-refractivity contribution in [1.29, 1.82) is 0 Å². The van der Waals surface area contributed by atoms with Crippen LogP contribution in [0.1, 0.15) is 34.6 Å². The summed E-state index contributed by atoms with van der Waals surface area (Å²) in [4.78, 5) is 0. The molecular weight excluding hydrogens is 250 g/mol. The van der Waals surface area contributed by atoms with Crippen LogP contribution in [0.3, 0.4) is 0 Å². The van der Waals surface area contributed by atoms with E-state index in [-0.39, 0.29) is 17.4 Å². The highest BCUT2D eigenvalue weighted by molar-refractivity contribution is 5.53. The third-order valence-electron chi connectivity index (χ3n) is 4.64. The van der Waals surface area contributed by atoms with Gasteiger partial charge in [0.2, 0.25) is 0 Å². The Morgan fingerprint density at radius 2 is 1.75 bits per heavy atom. The highest BCUT2D eigenvalue weighted by atomic mass is 16.3. The molecular formula is C17H17NO2. The normalized spacial score (nSPS) is 23.6. The molecule has 1 aliphatic carbocycles. The van der Waals surface area contributed by atoms with Crippen molar-refractivity contribution in [3.63, 3.8) is 0 Å². The molecule has 1 aliphatic heterocycles. The van der Waals surface area contributed by atoms with Crippen molar-refractivity contribution < 1.29 is 10.2 Å². The molecule has 0 amide bonds. The van der Waals surface area contributed by atoms with E-state index in [0.717, 1.165) is 30.5 Å².